The average molecular weight is 489 g/mol. The quantitative estimate of drug-likeness (QED) is 0.258. The van der Waals surface area contributed by atoms with Gasteiger partial charge < -0.3 is 4.74 Å². The first-order chi connectivity index (χ1) is 17.7. The molecule has 6 rings (SSSR count). The molecule has 0 saturated heterocycles. The van der Waals surface area contributed by atoms with Crippen LogP contribution in [0.25, 0.3) is 22.2 Å². The Labute approximate surface area is 212 Å². The van der Waals surface area contributed by atoms with Crippen LogP contribution in [0.15, 0.2) is 119 Å². The molecular formula is C30H20N2O3S. The number of pyridine rings is 1. The van der Waals surface area contributed by atoms with Gasteiger partial charge in [0, 0.05) is 20.7 Å². The third-order valence-electron chi connectivity index (χ3n) is 6.01. The molecule has 0 radical (unpaired) electrons. The lowest BCUT2D eigenvalue weighted by atomic mass is 10.0. The van der Waals surface area contributed by atoms with Crippen LogP contribution in [0.5, 0.6) is 0 Å². The van der Waals surface area contributed by atoms with Crippen molar-refractivity contribution in [1.82, 2.24) is 4.98 Å². The van der Waals surface area contributed by atoms with Gasteiger partial charge in [0.1, 0.15) is 0 Å². The molecule has 0 bridgehead atoms. The Kier molecular flexibility index (Phi) is 5.71. The van der Waals surface area contributed by atoms with Crippen LogP contribution in [0.4, 0.5) is 11.4 Å². The maximum Gasteiger partial charge on any atom is 0.339 e. The first-order valence-corrected chi connectivity index (χ1v) is 12.3. The molecule has 0 aliphatic carbocycles. The van der Waals surface area contributed by atoms with Crippen LogP contribution < -0.4 is 4.90 Å². The standard InChI is InChI=1S/C30H20N2O3S/c33-29(32-25-14-6-8-16-27(25)36-28-17-9-7-15-26(28)32)19-35-30(34)22-18-24(20-10-2-1-3-11-20)31-23-13-5-4-12-21(22)23/h1-18H,19H2. The van der Waals surface area contributed by atoms with Crippen molar-refractivity contribution in [3.63, 3.8) is 0 Å². The van der Waals surface area contributed by atoms with Crippen LogP contribution in [0, 0.1) is 0 Å². The molecule has 0 fully saturated rings. The summed E-state index contributed by atoms with van der Waals surface area (Å²) >= 11 is 1.62. The lowest BCUT2D eigenvalue weighted by Gasteiger charge is -2.30. The van der Waals surface area contributed by atoms with Crippen molar-refractivity contribution in [1.29, 1.82) is 0 Å². The molecule has 4 aromatic carbocycles. The summed E-state index contributed by atoms with van der Waals surface area (Å²) in [4.78, 5) is 35.0. The van der Waals surface area contributed by atoms with Crippen molar-refractivity contribution in [2.24, 2.45) is 0 Å². The van der Waals surface area contributed by atoms with Gasteiger partial charge in [-0.05, 0) is 36.4 Å². The Balaban J connectivity index is 1.31. The molecule has 0 atom stereocenters. The Bertz CT molecular complexity index is 1570. The van der Waals surface area contributed by atoms with E-state index < -0.39 is 5.97 Å². The summed E-state index contributed by atoms with van der Waals surface area (Å²) in [6.07, 6.45) is 0. The molecule has 1 aliphatic rings. The monoisotopic (exact) mass is 488 g/mol. The Morgan fingerprint density at radius 2 is 1.36 bits per heavy atom. The number of benzene rings is 4. The molecule has 1 aromatic heterocycles. The molecule has 6 heteroatoms. The molecule has 0 N–H and O–H groups in total. The maximum absolute atomic E-state index is 13.4. The Morgan fingerprint density at radius 1 is 0.750 bits per heavy atom. The fraction of sp³-hybridized carbons (Fsp3) is 0.0333. The summed E-state index contributed by atoms with van der Waals surface area (Å²) < 4.78 is 5.61. The van der Waals surface area contributed by atoms with Gasteiger partial charge in [-0.3, -0.25) is 9.69 Å². The molecule has 1 aliphatic heterocycles. The van der Waals surface area contributed by atoms with E-state index in [9.17, 15) is 9.59 Å². The molecule has 5 nitrogen and oxygen atoms in total. The first kappa shape index (κ1) is 22.1. The number of rotatable bonds is 4. The van der Waals surface area contributed by atoms with Crippen molar-refractivity contribution in [3.05, 3.63) is 115 Å². The SMILES string of the molecule is O=C(OCC(=O)N1c2ccccc2Sc2ccccc21)c1cc(-c2ccccc2)nc2ccccc12. The van der Waals surface area contributed by atoms with Crippen LogP contribution in [-0.4, -0.2) is 23.5 Å². The lowest BCUT2D eigenvalue weighted by molar-refractivity contribution is -0.121. The van der Waals surface area contributed by atoms with Gasteiger partial charge in [0.2, 0.25) is 0 Å². The highest BCUT2D eigenvalue weighted by molar-refractivity contribution is 7.99. The predicted molar refractivity (Wildman–Crippen MR) is 142 cm³/mol. The van der Waals surface area contributed by atoms with Crippen molar-refractivity contribution in [2.75, 3.05) is 11.5 Å². The van der Waals surface area contributed by atoms with E-state index in [4.69, 9.17) is 9.72 Å². The second kappa shape index (κ2) is 9.32. The van der Waals surface area contributed by atoms with E-state index in [1.807, 2.05) is 103 Å². The number of aromatic nitrogens is 1. The van der Waals surface area contributed by atoms with E-state index in [0.717, 1.165) is 26.7 Å². The van der Waals surface area contributed by atoms with Crippen LogP contribution in [0.2, 0.25) is 0 Å². The smallest absolute Gasteiger partial charge is 0.339 e. The van der Waals surface area contributed by atoms with Gasteiger partial charge in [-0.2, -0.15) is 0 Å². The maximum atomic E-state index is 13.4. The minimum atomic E-state index is -0.563. The van der Waals surface area contributed by atoms with Gasteiger partial charge in [0.25, 0.3) is 5.91 Å². The molecule has 1 amide bonds. The van der Waals surface area contributed by atoms with Gasteiger partial charge in [-0.1, -0.05) is 84.6 Å². The third kappa shape index (κ3) is 4.01. The molecule has 0 spiro atoms. The van der Waals surface area contributed by atoms with Crippen molar-refractivity contribution in [3.8, 4) is 11.3 Å². The second-order valence-corrected chi connectivity index (χ2v) is 9.36. The van der Waals surface area contributed by atoms with Gasteiger partial charge in [0.05, 0.1) is 28.1 Å². The van der Waals surface area contributed by atoms with E-state index in [1.165, 1.54) is 0 Å². The number of ether oxygens (including phenoxy) is 1. The Morgan fingerprint density at radius 3 is 2.08 bits per heavy atom. The summed E-state index contributed by atoms with van der Waals surface area (Å²) in [6, 6.07) is 34.3. The van der Waals surface area contributed by atoms with E-state index >= 15 is 0 Å². The minimum Gasteiger partial charge on any atom is -0.452 e. The predicted octanol–water partition coefficient (Wildman–Crippen LogP) is 6.89. The number of carbonyl (C=O) groups excluding carboxylic acids is 2. The average Bonchev–Trinajstić information content (AvgIpc) is 2.94. The van der Waals surface area contributed by atoms with Crippen LogP contribution in [-0.2, 0) is 9.53 Å². The highest BCUT2D eigenvalue weighted by atomic mass is 32.2. The normalized spacial score (nSPS) is 12.1. The van der Waals surface area contributed by atoms with Crippen LogP contribution in [0.3, 0.4) is 0 Å². The van der Waals surface area contributed by atoms with E-state index in [2.05, 4.69) is 0 Å². The van der Waals surface area contributed by atoms with E-state index in [0.29, 0.717) is 22.2 Å². The van der Waals surface area contributed by atoms with Crippen molar-refractivity contribution >= 4 is 45.9 Å². The minimum absolute atomic E-state index is 0.315. The zero-order chi connectivity index (χ0) is 24.5. The number of para-hydroxylation sites is 3. The molecule has 174 valence electrons. The fourth-order valence-electron chi connectivity index (χ4n) is 4.34. The zero-order valence-corrected chi connectivity index (χ0v) is 19.9. The van der Waals surface area contributed by atoms with Gasteiger partial charge in [-0.25, -0.2) is 9.78 Å². The fourth-order valence-corrected chi connectivity index (χ4v) is 5.40. The number of amides is 1. The van der Waals surface area contributed by atoms with Gasteiger partial charge in [-0.15, -0.1) is 0 Å². The number of anilines is 2. The Hall–Kier alpha value is -4.42. The van der Waals surface area contributed by atoms with Crippen molar-refractivity contribution in [2.45, 2.75) is 9.79 Å². The zero-order valence-electron chi connectivity index (χ0n) is 19.1. The highest BCUT2D eigenvalue weighted by Crippen LogP contribution is 2.47. The molecular weight excluding hydrogens is 468 g/mol. The number of hydrogen-bond donors (Lipinski definition) is 0. The number of fused-ring (bicyclic) bond motifs is 3. The highest BCUT2D eigenvalue weighted by Gasteiger charge is 2.28. The summed E-state index contributed by atoms with van der Waals surface area (Å²) in [7, 11) is 0. The van der Waals surface area contributed by atoms with Crippen LogP contribution in [0.1, 0.15) is 10.4 Å². The summed E-state index contributed by atoms with van der Waals surface area (Å²) in [6.45, 7) is -0.385. The number of carbonyl (C=O) groups is 2. The summed E-state index contributed by atoms with van der Waals surface area (Å²) in [5.41, 5.74) is 4.19. The van der Waals surface area contributed by atoms with Crippen LogP contribution >= 0.6 is 11.8 Å². The second-order valence-electron chi connectivity index (χ2n) is 8.28. The third-order valence-corrected chi connectivity index (χ3v) is 7.14. The number of hydrogen-bond acceptors (Lipinski definition) is 5. The lowest BCUT2D eigenvalue weighted by Crippen LogP contribution is -2.32. The number of esters is 1. The first-order valence-electron chi connectivity index (χ1n) is 11.5. The molecule has 2 heterocycles. The topological polar surface area (TPSA) is 59.5 Å². The molecule has 0 saturated carbocycles. The van der Waals surface area contributed by atoms with Crippen molar-refractivity contribution < 1.29 is 14.3 Å². The summed E-state index contributed by atoms with van der Waals surface area (Å²) in [5, 5.41) is 0.680. The molecule has 5 aromatic rings. The van der Waals surface area contributed by atoms with Gasteiger partial charge >= 0.3 is 5.97 Å². The van der Waals surface area contributed by atoms with E-state index in [-0.39, 0.29) is 12.5 Å². The van der Waals surface area contributed by atoms with E-state index in [1.54, 1.807) is 22.7 Å². The number of nitrogens with zero attached hydrogens (tertiary/aromatic N) is 2. The largest absolute Gasteiger partial charge is 0.452 e. The van der Waals surface area contributed by atoms with Gasteiger partial charge in [0.15, 0.2) is 6.61 Å². The molecule has 36 heavy (non-hydrogen) atoms. The molecule has 0 unspecified atom stereocenters. The summed E-state index contributed by atoms with van der Waals surface area (Å²) in [5.74, 6) is -0.878.